The van der Waals surface area contributed by atoms with Crippen LogP contribution in [0.15, 0.2) is 24.3 Å². The van der Waals surface area contributed by atoms with Gasteiger partial charge in [0.15, 0.2) is 0 Å². The van der Waals surface area contributed by atoms with Crippen LogP contribution in [0.3, 0.4) is 0 Å². The van der Waals surface area contributed by atoms with Crippen LogP contribution in [-0.2, 0) is 9.47 Å². The second-order valence-corrected chi connectivity index (χ2v) is 5.25. The number of morpholine rings is 1. The van der Waals surface area contributed by atoms with E-state index in [1.54, 1.807) is 34.1 Å². The molecular formula is C15H18N2O4. The van der Waals surface area contributed by atoms with E-state index in [2.05, 4.69) is 0 Å². The Bertz CT molecular complexity index is 543. The number of hydrogen-bond donors (Lipinski definition) is 0. The van der Waals surface area contributed by atoms with Crippen LogP contribution in [0.25, 0.3) is 0 Å². The first-order chi connectivity index (χ1) is 10.1. The van der Waals surface area contributed by atoms with Crippen LogP contribution < -0.4 is 4.90 Å². The number of carbonyl (C=O) groups is 2. The molecule has 6 heteroatoms. The second-order valence-electron chi connectivity index (χ2n) is 5.25. The lowest BCUT2D eigenvalue weighted by Gasteiger charge is -2.31. The zero-order valence-electron chi connectivity index (χ0n) is 11.9. The molecule has 0 aromatic heterocycles. The zero-order valence-corrected chi connectivity index (χ0v) is 11.9. The van der Waals surface area contributed by atoms with Gasteiger partial charge in [-0.1, -0.05) is 0 Å². The Morgan fingerprint density at radius 2 is 1.95 bits per heavy atom. The predicted octanol–water partition coefficient (Wildman–Crippen LogP) is 1.50. The van der Waals surface area contributed by atoms with Crippen molar-refractivity contribution in [3.8, 4) is 0 Å². The highest BCUT2D eigenvalue weighted by Crippen LogP contribution is 2.20. The molecule has 2 saturated heterocycles. The van der Waals surface area contributed by atoms with Crippen LogP contribution in [0.5, 0.6) is 0 Å². The largest absolute Gasteiger partial charge is 0.447 e. The molecule has 0 aliphatic carbocycles. The predicted molar refractivity (Wildman–Crippen MR) is 76.5 cm³/mol. The number of ether oxygens (including phenoxy) is 2. The Balaban J connectivity index is 1.71. The van der Waals surface area contributed by atoms with Crippen molar-refractivity contribution in [2.75, 3.05) is 37.7 Å². The van der Waals surface area contributed by atoms with Gasteiger partial charge in [-0.2, -0.15) is 0 Å². The molecule has 2 heterocycles. The van der Waals surface area contributed by atoms with Crippen molar-refractivity contribution in [3.63, 3.8) is 0 Å². The van der Waals surface area contributed by atoms with Gasteiger partial charge in [-0.15, -0.1) is 0 Å². The van der Waals surface area contributed by atoms with E-state index < -0.39 is 0 Å². The number of anilines is 1. The molecule has 21 heavy (non-hydrogen) atoms. The fourth-order valence-electron chi connectivity index (χ4n) is 2.60. The second kappa shape index (κ2) is 5.73. The van der Waals surface area contributed by atoms with E-state index in [9.17, 15) is 9.59 Å². The van der Waals surface area contributed by atoms with Gasteiger partial charge in [0.05, 0.1) is 19.3 Å². The Labute approximate surface area is 123 Å². The number of rotatable bonds is 2. The lowest BCUT2D eigenvalue weighted by atomic mass is 10.1. The molecule has 0 spiro atoms. The molecule has 6 nitrogen and oxygen atoms in total. The Morgan fingerprint density at radius 3 is 2.57 bits per heavy atom. The lowest BCUT2D eigenvalue weighted by Crippen LogP contribution is -2.44. The summed E-state index contributed by atoms with van der Waals surface area (Å²) in [4.78, 5) is 27.3. The molecule has 0 bridgehead atoms. The van der Waals surface area contributed by atoms with Crippen molar-refractivity contribution < 1.29 is 19.1 Å². The zero-order chi connectivity index (χ0) is 14.8. The monoisotopic (exact) mass is 290 g/mol. The molecule has 2 amide bonds. The molecule has 0 unspecified atom stereocenters. The van der Waals surface area contributed by atoms with Gasteiger partial charge in [-0.3, -0.25) is 9.69 Å². The minimum atomic E-state index is -0.337. The first-order valence-electron chi connectivity index (χ1n) is 7.10. The van der Waals surface area contributed by atoms with Crippen LogP contribution in [0.4, 0.5) is 10.5 Å². The third-order valence-electron chi connectivity index (χ3n) is 3.72. The quantitative estimate of drug-likeness (QED) is 0.828. The summed E-state index contributed by atoms with van der Waals surface area (Å²) < 4.78 is 10.3. The van der Waals surface area contributed by atoms with Crippen molar-refractivity contribution in [1.29, 1.82) is 0 Å². The van der Waals surface area contributed by atoms with E-state index >= 15 is 0 Å². The van der Waals surface area contributed by atoms with Gasteiger partial charge < -0.3 is 14.4 Å². The first-order valence-corrected chi connectivity index (χ1v) is 7.10. The third-order valence-corrected chi connectivity index (χ3v) is 3.72. The number of amides is 2. The van der Waals surface area contributed by atoms with Gasteiger partial charge in [0.1, 0.15) is 6.61 Å². The summed E-state index contributed by atoms with van der Waals surface area (Å²) in [6.07, 6.45) is -0.266. The smallest absolute Gasteiger partial charge is 0.414 e. The molecule has 2 fully saturated rings. The van der Waals surface area contributed by atoms with E-state index in [4.69, 9.17) is 9.47 Å². The fourth-order valence-corrected chi connectivity index (χ4v) is 2.60. The summed E-state index contributed by atoms with van der Waals surface area (Å²) in [5.74, 6) is 0.000647. The Hall–Kier alpha value is -2.08. The average Bonchev–Trinajstić information content (AvgIpc) is 2.93. The van der Waals surface area contributed by atoms with Gasteiger partial charge in [-0.25, -0.2) is 4.79 Å². The number of cyclic esters (lactones) is 1. The highest BCUT2D eigenvalue weighted by molar-refractivity contribution is 5.95. The van der Waals surface area contributed by atoms with E-state index in [0.717, 1.165) is 5.69 Å². The van der Waals surface area contributed by atoms with Crippen LogP contribution in [0.1, 0.15) is 17.3 Å². The van der Waals surface area contributed by atoms with Gasteiger partial charge in [0.25, 0.3) is 5.91 Å². The number of benzene rings is 1. The maximum absolute atomic E-state index is 12.4. The minimum absolute atomic E-state index is 0.000647. The summed E-state index contributed by atoms with van der Waals surface area (Å²) in [7, 11) is 0. The van der Waals surface area contributed by atoms with Crippen LogP contribution in [-0.4, -0.2) is 55.9 Å². The lowest BCUT2D eigenvalue weighted by molar-refractivity contribution is -0.0124. The molecule has 2 aliphatic heterocycles. The van der Waals surface area contributed by atoms with Crippen LogP contribution >= 0.6 is 0 Å². The first kappa shape index (κ1) is 13.9. The molecule has 0 saturated carbocycles. The van der Waals surface area contributed by atoms with Crippen LogP contribution in [0, 0.1) is 0 Å². The highest BCUT2D eigenvalue weighted by atomic mass is 16.6. The molecule has 1 atom stereocenters. The molecule has 1 aromatic rings. The van der Waals surface area contributed by atoms with Crippen molar-refractivity contribution in [1.82, 2.24) is 4.90 Å². The van der Waals surface area contributed by atoms with Gasteiger partial charge in [-0.05, 0) is 31.2 Å². The Kier molecular flexibility index (Phi) is 3.79. The van der Waals surface area contributed by atoms with Crippen molar-refractivity contribution >= 4 is 17.7 Å². The molecule has 3 rings (SSSR count). The average molecular weight is 290 g/mol. The van der Waals surface area contributed by atoms with Crippen molar-refractivity contribution in [2.24, 2.45) is 0 Å². The Morgan fingerprint density at radius 1 is 1.19 bits per heavy atom. The van der Waals surface area contributed by atoms with Gasteiger partial charge in [0.2, 0.25) is 0 Å². The van der Waals surface area contributed by atoms with E-state index in [1.165, 1.54) is 0 Å². The number of nitrogens with zero attached hydrogens (tertiary/aromatic N) is 2. The van der Waals surface area contributed by atoms with Gasteiger partial charge in [0, 0.05) is 24.3 Å². The molecule has 2 aliphatic rings. The molecule has 0 N–H and O–H groups in total. The molecule has 112 valence electrons. The van der Waals surface area contributed by atoms with E-state index in [-0.39, 0.29) is 18.1 Å². The van der Waals surface area contributed by atoms with Gasteiger partial charge >= 0.3 is 6.09 Å². The number of carbonyl (C=O) groups excluding carboxylic acids is 2. The van der Waals surface area contributed by atoms with Crippen molar-refractivity contribution in [3.05, 3.63) is 29.8 Å². The molecular weight excluding hydrogens is 272 g/mol. The summed E-state index contributed by atoms with van der Waals surface area (Å²) >= 11 is 0. The third kappa shape index (κ3) is 2.85. The molecule has 0 radical (unpaired) electrons. The highest BCUT2D eigenvalue weighted by Gasteiger charge is 2.25. The minimum Gasteiger partial charge on any atom is -0.447 e. The van der Waals surface area contributed by atoms with Crippen molar-refractivity contribution in [2.45, 2.75) is 13.0 Å². The van der Waals surface area contributed by atoms with E-state index in [1.807, 2.05) is 6.92 Å². The maximum Gasteiger partial charge on any atom is 0.414 e. The normalized spacial score (nSPS) is 22.3. The van der Waals surface area contributed by atoms with E-state index in [0.29, 0.717) is 38.4 Å². The fraction of sp³-hybridized carbons (Fsp3) is 0.467. The maximum atomic E-state index is 12.4. The summed E-state index contributed by atoms with van der Waals surface area (Å²) in [5.41, 5.74) is 1.38. The number of hydrogen-bond acceptors (Lipinski definition) is 4. The summed E-state index contributed by atoms with van der Waals surface area (Å²) in [6, 6.07) is 7.07. The summed E-state index contributed by atoms with van der Waals surface area (Å²) in [6.45, 7) is 4.72. The standard InChI is InChI=1S/C15H18N2O4/c1-11-10-16(6-8-20-11)14(18)12-2-4-13(5-3-12)17-7-9-21-15(17)19/h2-5,11H,6-10H2,1H3/t11-/m0/s1. The summed E-state index contributed by atoms with van der Waals surface area (Å²) in [5, 5.41) is 0. The molecule has 1 aromatic carbocycles. The van der Waals surface area contributed by atoms with Crippen LogP contribution in [0.2, 0.25) is 0 Å². The topological polar surface area (TPSA) is 59.1 Å². The SMILES string of the molecule is C[C@H]1CN(C(=O)c2ccc(N3CCOC3=O)cc2)CCO1.